The van der Waals surface area contributed by atoms with Crippen LogP contribution >= 0.6 is 0 Å². The number of aryl methyl sites for hydroxylation is 1. The third-order valence-electron chi connectivity index (χ3n) is 5.61. The van der Waals surface area contributed by atoms with Gasteiger partial charge in [-0.2, -0.15) is 0 Å². The van der Waals surface area contributed by atoms with Crippen LogP contribution in [0.5, 0.6) is 5.88 Å². The van der Waals surface area contributed by atoms with E-state index in [4.69, 9.17) is 9.47 Å². The average molecular weight is 421 g/mol. The molecule has 1 aliphatic rings. The van der Waals surface area contributed by atoms with E-state index < -0.39 is 37.3 Å². The van der Waals surface area contributed by atoms with Gasteiger partial charge < -0.3 is 29.9 Å². The van der Waals surface area contributed by atoms with Gasteiger partial charge in [0.25, 0.3) is 0 Å². The minimum Gasteiger partial charge on any atom is -0.443 e. The summed E-state index contributed by atoms with van der Waals surface area (Å²) < 4.78 is 13.2. The molecule has 1 aromatic carbocycles. The minimum atomic E-state index is -1.50. The Morgan fingerprint density at radius 1 is 1.07 bits per heavy atom. The maximum absolute atomic E-state index is 10.3. The number of rotatable bonds is 7. The Bertz CT molecular complexity index is 833. The van der Waals surface area contributed by atoms with Crippen LogP contribution in [0.15, 0.2) is 24.3 Å². The van der Waals surface area contributed by atoms with Gasteiger partial charge in [-0.1, -0.05) is 31.2 Å². The molecule has 1 saturated heterocycles. The van der Waals surface area contributed by atoms with Gasteiger partial charge in [0, 0.05) is 23.7 Å². The molecule has 1 aliphatic heterocycles. The van der Waals surface area contributed by atoms with Crippen molar-refractivity contribution < 1.29 is 29.9 Å². The molecule has 0 radical (unpaired) electrons. The normalized spacial score (nSPS) is 26.9. The molecule has 8 heteroatoms. The summed E-state index contributed by atoms with van der Waals surface area (Å²) in [6.45, 7) is 7.58. The Hall–Kier alpha value is -1.97. The lowest BCUT2D eigenvalue weighted by molar-refractivity contribution is -0.278. The summed E-state index contributed by atoms with van der Waals surface area (Å²) in [5, 5.41) is 44.3. The lowest BCUT2D eigenvalue weighted by Gasteiger charge is -2.39. The number of benzene rings is 1. The minimum absolute atomic E-state index is 0.0957. The van der Waals surface area contributed by atoms with E-state index in [-0.39, 0.29) is 6.04 Å². The van der Waals surface area contributed by atoms with Crippen molar-refractivity contribution in [3.8, 4) is 5.88 Å². The zero-order valence-corrected chi connectivity index (χ0v) is 17.9. The zero-order valence-electron chi connectivity index (χ0n) is 17.9. The van der Waals surface area contributed by atoms with Gasteiger partial charge in [0.2, 0.25) is 12.2 Å². The fourth-order valence-corrected chi connectivity index (χ4v) is 3.70. The molecule has 1 fully saturated rings. The standard InChI is InChI=1S/C22H32N2O6/c1-5-14-6-8-15(9-7-14)10-16-13(4)24(12(2)3)23-21(16)30-22-20(28)19(27)18(26)17(11-25)29-22/h6-9,12,17-20,22,25-28H,5,10-11H2,1-4H3/t17-,18-,19+,20-,22+/m1/s1. The Balaban J connectivity index is 1.90. The van der Waals surface area contributed by atoms with Gasteiger partial charge in [-0.25, -0.2) is 0 Å². The molecule has 166 valence electrons. The maximum Gasteiger partial charge on any atom is 0.239 e. The average Bonchev–Trinajstić information content (AvgIpc) is 3.04. The van der Waals surface area contributed by atoms with Crippen molar-refractivity contribution in [1.29, 1.82) is 0 Å². The molecule has 0 bridgehead atoms. The van der Waals surface area contributed by atoms with Crippen LogP contribution in [-0.4, -0.2) is 67.5 Å². The second-order valence-corrected chi connectivity index (χ2v) is 8.07. The predicted octanol–water partition coefficient (Wildman–Crippen LogP) is 1.10. The van der Waals surface area contributed by atoms with Crippen LogP contribution in [-0.2, 0) is 17.6 Å². The highest BCUT2D eigenvalue weighted by molar-refractivity contribution is 5.37. The first kappa shape index (κ1) is 22.7. The lowest BCUT2D eigenvalue weighted by Crippen LogP contribution is -2.60. The number of aliphatic hydroxyl groups is 4. The van der Waals surface area contributed by atoms with E-state index in [9.17, 15) is 20.4 Å². The molecule has 0 saturated carbocycles. The fourth-order valence-electron chi connectivity index (χ4n) is 3.70. The molecule has 2 aromatic rings. The zero-order chi connectivity index (χ0) is 22.0. The summed E-state index contributed by atoms with van der Waals surface area (Å²) in [5.41, 5.74) is 4.14. The van der Waals surface area contributed by atoms with E-state index in [1.54, 1.807) is 0 Å². The summed E-state index contributed by atoms with van der Waals surface area (Å²) in [6.07, 6.45) is -5.17. The third-order valence-corrected chi connectivity index (χ3v) is 5.61. The highest BCUT2D eigenvalue weighted by Gasteiger charge is 2.45. The van der Waals surface area contributed by atoms with E-state index in [2.05, 4.69) is 36.3 Å². The van der Waals surface area contributed by atoms with Crippen LogP contribution in [0.2, 0.25) is 0 Å². The first-order chi connectivity index (χ1) is 14.3. The van der Waals surface area contributed by atoms with Crippen molar-refractivity contribution in [2.45, 2.75) is 77.3 Å². The first-order valence-corrected chi connectivity index (χ1v) is 10.4. The van der Waals surface area contributed by atoms with Gasteiger partial charge >= 0.3 is 0 Å². The molecule has 3 rings (SSSR count). The molecule has 2 heterocycles. The molecule has 5 atom stereocenters. The first-order valence-electron chi connectivity index (χ1n) is 10.4. The molecule has 30 heavy (non-hydrogen) atoms. The molecular formula is C22H32N2O6. The van der Waals surface area contributed by atoms with Crippen molar-refractivity contribution in [2.24, 2.45) is 0 Å². The third kappa shape index (κ3) is 4.53. The molecule has 0 amide bonds. The number of nitrogens with zero attached hydrogens (tertiary/aromatic N) is 2. The maximum atomic E-state index is 10.3. The van der Waals surface area contributed by atoms with Crippen LogP contribution in [0.25, 0.3) is 0 Å². The highest BCUT2D eigenvalue weighted by Crippen LogP contribution is 2.30. The number of ether oxygens (including phenoxy) is 2. The van der Waals surface area contributed by atoms with Gasteiger partial charge in [-0.15, -0.1) is 5.10 Å². The predicted molar refractivity (Wildman–Crippen MR) is 110 cm³/mol. The number of aromatic nitrogens is 2. The topological polar surface area (TPSA) is 117 Å². The van der Waals surface area contributed by atoms with Crippen molar-refractivity contribution >= 4 is 0 Å². The lowest BCUT2D eigenvalue weighted by atomic mass is 9.99. The van der Waals surface area contributed by atoms with Crippen LogP contribution < -0.4 is 4.74 Å². The number of hydrogen-bond donors (Lipinski definition) is 4. The van der Waals surface area contributed by atoms with Crippen LogP contribution in [0.4, 0.5) is 0 Å². The molecule has 4 N–H and O–H groups in total. The van der Waals surface area contributed by atoms with Crippen LogP contribution in [0.1, 0.15) is 49.2 Å². The van der Waals surface area contributed by atoms with Crippen molar-refractivity contribution in [3.63, 3.8) is 0 Å². The molecule has 0 unspecified atom stereocenters. The van der Waals surface area contributed by atoms with Gasteiger partial charge in [0.1, 0.15) is 24.4 Å². The van der Waals surface area contributed by atoms with Crippen molar-refractivity contribution in [3.05, 3.63) is 46.6 Å². The van der Waals surface area contributed by atoms with Gasteiger partial charge in [-0.05, 0) is 38.3 Å². The van der Waals surface area contributed by atoms with Crippen molar-refractivity contribution in [2.75, 3.05) is 6.61 Å². The quantitative estimate of drug-likeness (QED) is 0.530. The Morgan fingerprint density at radius 2 is 1.70 bits per heavy atom. The Labute approximate surface area is 176 Å². The molecule has 1 aromatic heterocycles. The van der Waals surface area contributed by atoms with Gasteiger partial charge in [-0.3, -0.25) is 4.68 Å². The highest BCUT2D eigenvalue weighted by atomic mass is 16.7. The second kappa shape index (κ2) is 9.45. The molecule has 0 spiro atoms. The fraction of sp³-hybridized carbons (Fsp3) is 0.591. The SMILES string of the molecule is CCc1ccc(Cc2c(O[C@@H]3O[C@H](CO)[C@@H](O)[C@H](O)[C@H]3O)nn(C(C)C)c2C)cc1. The largest absolute Gasteiger partial charge is 0.443 e. The monoisotopic (exact) mass is 420 g/mol. The summed E-state index contributed by atoms with van der Waals surface area (Å²) in [4.78, 5) is 0. The molecule has 8 nitrogen and oxygen atoms in total. The van der Waals surface area contributed by atoms with E-state index in [0.717, 1.165) is 23.2 Å². The van der Waals surface area contributed by atoms with Crippen molar-refractivity contribution in [1.82, 2.24) is 9.78 Å². The summed E-state index contributed by atoms with van der Waals surface area (Å²) >= 11 is 0. The van der Waals surface area contributed by atoms with E-state index in [0.29, 0.717) is 12.3 Å². The summed E-state index contributed by atoms with van der Waals surface area (Å²) in [5.74, 6) is 0.296. The molecule has 0 aliphatic carbocycles. The van der Waals surface area contributed by atoms with E-state index in [1.807, 2.05) is 25.5 Å². The van der Waals surface area contributed by atoms with Crippen LogP contribution in [0, 0.1) is 6.92 Å². The van der Waals surface area contributed by atoms with Gasteiger partial charge in [0.05, 0.1) is 6.61 Å². The Morgan fingerprint density at radius 3 is 2.27 bits per heavy atom. The smallest absolute Gasteiger partial charge is 0.239 e. The van der Waals surface area contributed by atoms with Crippen LogP contribution in [0.3, 0.4) is 0 Å². The van der Waals surface area contributed by atoms with E-state index >= 15 is 0 Å². The second-order valence-electron chi connectivity index (χ2n) is 8.07. The Kier molecular flexibility index (Phi) is 7.15. The van der Waals surface area contributed by atoms with E-state index in [1.165, 1.54) is 5.56 Å². The summed E-state index contributed by atoms with van der Waals surface area (Å²) in [7, 11) is 0. The van der Waals surface area contributed by atoms with Gasteiger partial charge in [0.15, 0.2) is 0 Å². The number of aliphatic hydroxyl groups excluding tert-OH is 4. The molecular weight excluding hydrogens is 388 g/mol. The summed E-state index contributed by atoms with van der Waals surface area (Å²) in [6, 6.07) is 8.43. The number of hydrogen-bond acceptors (Lipinski definition) is 7.